The fourth-order valence-electron chi connectivity index (χ4n) is 2.97. The number of anilines is 1. The van der Waals surface area contributed by atoms with Gasteiger partial charge in [0.15, 0.2) is 0 Å². The van der Waals surface area contributed by atoms with Crippen LogP contribution in [0.5, 0.6) is 0 Å². The molecule has 1 aliphatic rings. The topological polar surface area (TPSA) is 53.4 Å². The minimum atomic E-state index is -1.26. The van der Waals surface area contributed by atoms with Gasteiger partial charge in [0.1, 0.15) is 21.7 Å². The van der Waals surface area contributed by atoms with Gasteiger partial charge in [-0.1, -0.05) is 0 Å². The Kier molecular flexibility index (Phi) is 4.84. The van der Waals surface area contributed by atoms with Crippen molar-refractivity contribution < 1.29 is 18.7 Å². The zero-order valence-corrected chi connectivity index (χ0v) is 15.6. The first-order chi connectivity index (χ1) is 13.0. The average molecular weight is 404 g/mol. The second-order valence-electron chi connectivity index (χ2n) is 6.06. The van der Waals surface area contributed by atoms with E-state index in [4.69, 9.17) is 5.11 Å². The normalized spacial score (nSPS) is 13.5. The summed E-state index contributed by atoms with van der Waals surface area (Å²) in [5, 5.41) is 12.5. The fourth-order valence-corrected chi connectivity index (χ4v) is 4.88. The summed E-state index contributed by atoms with van der Waals surface area (Å²) >= 11 is 2.85. The SMILES string of the molecule is O=C(O)c1cc2c(cc1F)N(Sc1csc(-c3ccc(F)cc3)n1)CCC2. The van der Waals surface area contributed by atoms with E-state index in [0.29, 0.717) is 18.7 Å². The number of aromatic carboxylic acids is 1. The zero-order chi connectivity index (χ0) is 19.0. The van der Waals surface area contributed by atoms with Gasteiger partial charge in [0, 0.05) is 29.4 Å². The smallest absolute Gasteiger partial charge is 0.338 e. The van der Waals surface area contributed by atoms with E-state index in [1.807, 2.05) is 9.69 Å². The number of halogens is 2. The number of nitrogens with zero attached hydrogens (tertiary/aromatic N) is 2. The number of carboxylic acids is 1. The predicted molar refractivity (Wildman–Crippen MR) is 102 cm³/mol. The van der Waals surface area contributed by atoms with Crippen molar-refractivity contribution >= 4 is 34.9 Å². The van der Waals surface area contributed by atoms with Crippen LogP contribution in [-0.4, -0.2) is 22.6 Å². The standard InChI is InChI=1S/C19H14F2N2O2S2/c20-13-5-3-11(4-6-13)18-22-17(10-26-18)27-23-7-1-2-12-8-14(19(24)25)15(21)9-16(12)23/h3-6,8-10H,1-2,7H2,(H,24,25). The number of hydrogen-bond acceptors (Lipinski definition) is 5. The molecule has 0 amide bonds. The maximum absolute atomic E-state index is 14.1. The first-order valence-corrected chi connectivity index (χ1v) is 9.89. The highest BCUT2D eigenvalue weighted by Gasteiger charge is 2.23. The van der Waals surface area contributed by atoms with Crippen LogP contribution >= 0.6 is 23.3 Å². The van der Waals surface area contributed by atoms with E-state index >= 15 is 0 Å². The van der Waals surface area contributed by atoms with Gasteiger partial charge in [0.25, 0.3) is 0 Å². The summed E-state index contributed by atoms with van der Waals surface area (Å²) in [6.07, 6.45) is 1.56. The molecule has 0 radical (unpaired) electrons. The molecule has 0 fully saturated rings. The Hall–Kier alpha value is -2.45. The van der Waals surface area contributed by atoms with Gasteiger partial charge in [-0.25, -0.2) is 18.6 Å². The molecule has 0 aliphatic carbocycles. The Morgan fingerprint density at radius 2 is 2.00 bits per heavy atom. The van der Waals surface area contributed by atoms with Gasteiger partial charge >= 0.3 is 5.97 Å². The fraction of sp³-hybridized carbons (Fsp3) is 0.158. The van der Waals surface area contributed by atoms with Crippen LogP contribution in [0, 0.1) is 11.6 Å². The van der Waals surface area contributed by atoms with Crippen LogP contribution in [0.3, 0.4) is 0 Å². The number of carbonyl (C=O) groups is 1. The number of aryl methyl sites for hydroxylation is 1. The molecule has 2 heterocycles. The molecular weight excluding hydrogens is 390 g/mol. The Labute approximate surface area is 162 Å². The van der Waals surface area contributed by atoms with E-state index < -0.39 is 11.8 Å². The molecule has 0 unspecified atom stereocenters. The first kappa shape index (κ1) is 17.9. The van der Waals surface area contributed by atoms with Crippen molar-refractivity contribution in [2.24, 2.45) is 0 Å². The average Bonchev–Trinajstić information content (AvgIpc) is 3.11. The predicted octanol–water partition coefficient (Wildman–Crippen LogP) is 5.25. The van der Waals surface area contributed by atoms with Gasteiger partial charge in [-0.05, 0) is 54.8 Å². The summed E-state index contributed by atoms with van der Waals surface area (Å²) in [4.78, 5) is 15.7. The molecule has 4 rings (SSSR count). The van der Waals surface area contributed by atoms with E-state index in [0.717, 1.165) is 27.6 Å². The van der Waals surface area contributed by atoms with E-state index in [1.54, 1.807) is 12.1 Å². The molecular formula is C19H14F2N2O2S2. The first-order valence-electron chi connectivity index (χ1n) is 8.24. The lowest BCUT2D eigenvalue weighted by molar-refractivity contribution is 0.0692. The largest absolute Gasteiger partial charge is 0.478 e. The minimum Gasteiger partial charge on any atom is -0.478 e. The number of benzene rings is 2. The van der Waals surface area contributed by atoms with Crippen LogP contribution in [0.1, 0.15) is 22.3 Å². The summed E-state index contributed by atoms with van der Waals surface area (Å²) < 4.78 is 29.2. The second kappa shape index (κ2) is 7.28. The van der Waals surface area contributed by atoms with Crippen LogP contribution in [0.2, 0.25) is 0 Å². The molecule has 1 aliphatic heterocycles. The van der Waals surface area contributed by atoms with E-state index in [9.17, 15) is 13.6 Å². The number of carboxylic acid groups (broad SMARTS) is 1. The summed E-state index contributed by atoms with van der Waals surface area (Å²) in [7, 11) is 0. The quantitative estimate of drug-likeness (QED) is 0.602. The maximum Gasteiger partial charge on any atom is 0.338 e. The van der Waals surface area contributed by atoms with Crippen LogP contribution < -0.4 is 4.31 Å². The highest BCUT2D eigenvalue weighted by molar-refractivity contribution is 8.00. The molecule has 4 nitrogen and oxygen atoms in total. The van der Waals surface area contributed by atoms with Crippen molar-refractivity contribution in [3.05, 3.63) is 64.5 Å². The molecule has 1 N–H and O–H groups in total. The van der Waals surface area contributed by atoms with E-state index in [1.165, 1.54) is 47.6 Å². The van der Waals surface area contributed by atoms with Gasteiger partial charge in [-0.15, -0.1) is 11.3 Å². The number of fused-ring (bicyclic) bond motifs is 1. The molecule has 8 heteroatoms. The summed E-state index contributed by atoms with van der Waals surface area (Å²) in [6.45, 7) is 0.715. The lowest BCUT2D eigenvalue weighted by Crippen LogP contribution is -2.23. The molecule has 3 aromatic rings. The lowest BCUT2D eigenvalue weighted by Gasteiger charge is -2.29. The van der Waals surface area contributed by atoms with Crippen molar-refractivity contribution in [1.82, 2.24) is 4.98 Å². The third kappa shape index (κ3) is 3.68. The highest BCUT2D eigenvalue weighted by atomic mass is 32.2. The second-order valence-corrected chi connectivity index (χ2v) is 7.96. The van der Waals surface area contributed by atoms with Crippen LogP contribution in [0.25, 0.3) is 10.6 Å². The van der Waals surface area contributed by atoms with E-state index in [2.05, 4.69) is 4.98 Å². The molecule has 2 aromatic carbocycles. The van der Waals surface area contributed by atoms with Crippen LogP contribution in [0.4, 0.5) is 14.5 Å². The Morgan fingerprint density at radius 3 is 2.74 bits per heavy atom. The van der Waals surface area contributed by atoms with Gasteiger partial charge in [-0.2, -0.15) is 0 Å². The van der Waals surface area contributed by atoms with Crippen molar-refractivity contribution in [2.75, 3.05) is 10.8 Å². The van der Waals surface area contributed by atoms with Gasteiger partial charge in [0.05, 0.1) is 11.3 Å². The molecule has 0 saturated heterocycles. The molecule has 0 spiro atoms. The third-order valence-electron chi connectivity index (χ3n) is 4.25. The van der Waals surface area contributed by atoms with Crippen molar-refractivity contribution in [3.63, 3.8) is 0 Å². The van der Waals surface area contributed by atoms with E-state index in [-0.39, 0.29) is 11.4 Å². The maximum atomic E-state index is 14.1. The minimum absolute atomic E-state index is 0.294. The Morgan fingerprint density at radius 1 is 1.22 bits per heavy atom. The summed E-state index contributed by atoms with van der Waals surface area (Å²) in [5.41, 5.74) is 2.05. The lowest BCUT2D eigenvalue weighted by atomic mass is 10.0. The number of thiazole rings is 1. The summed E-state index contributed by atoms with van der Waals surface area (Å²) in [6, 6.07) is 8.87. The van der Waals surface area contributed by atoms with Crippen molar-refractivity contribution in [1.29, 1.82) is 0 Å². The molecule has 0 atom stereocenters. The van der Waals surface area contributed by atoms with Gasteiger partial charge < -0.3 is 9.41 Å². The molecule has 27 heavy (non-hydrogen) atoms. The number of hydrogen-bond donors (Lipinski definition) is 1. The van der Waals surface area contributed by atoms with Crippen LogP contribution in [-0.2, 0) is 6.42 Å². The van der Waals surface area contributed by atoms with Gasteiger partial charge in [-0.3, -0.25) is 0 Å². The monoisotopic (exact) mass is 404 g/mol. The number of aromatic nitrogens is 1. The van der Waals surface area contributed by atoms with Gasteiger partial charge in [0.2, 0.25) is 0 Å². The van der Waals surface area contributed by atoms with Crippen molar-refractivity contribution in [3.8, 4) is 10.6 Å². The Balaban J connectivity index is 1.59. The van der Waals surface area contributed by atoms with Crippen molar-refractivity contribution in [2.45, 2.75) is 17.9 Å². The zero-order valence-electron chi connectivity index (χ0n) is 14.0. The highest BCUT2D eigenvalue weighted by Crippen LogP contribution is 2.38. The molecule has 0 bridgehead atoms. The molecule has 138 valence electrons. The molecule has 1 aromatic heterocycles. The van der Waals surface area contributed by atoms with Crippen LogP contribution in [0.15, 0.2) is 46.8 Å². The molecule has 0 saturated carbocycles. The Bertz CT molecular complexity index is 1010. The third-order valence-corrected chi connectivity index (χ3v) is 6.29. The number of rotatable bonds is 4. The summed E-state index contributed by atoms with van der Waals surface area (Å²) in [5.74, 6) is -2.29.